The van der Waals surface area contributed by atoms with Gasteiger partial charge < -0.3 is 5.32 Å². The molecule has 0 saturated carbocycles. The molecule has 0 bridgehead atoms. The van der Waals surface area contributed by atoms with Gasteiger partial charge in [0, 0.05) is 23.2 Å². The third-order valence-electron chi connectivity index (χ3n) is 3.99. The Labute approximate surface area is 150 Å². The molecule has 0 fully saturated rings. The van der Waals surface area contributed by atoms with Gasteiger partial charge in [-0.15, -0.1) is 10.2 Å². The lowest BCUT2D eigenvalue weighted by atomic mass is 10.2. The molecule has 4 rings (SSSR count). The molecule has 0 aliphatic carbocycles. The van der Waals surface area contributed by atoms with E-state index < -0.39 is 17.8 Å². The van der Waals surface area contributed by atoms with E-state index in [0.717, 1.165) is 5.69 Å². The van der Waals surface area contributed by atoms with Gasteiger partial charge >= 0.3 is 0 Å². The van der Waals surface area contributed by atoms with Gasteiger partial charge in [0.05, 0.1) is 16.9 Å². The molecule has 8 nitrogen and oxygen atoms in total. The van der Waals surface area contributed by atoms with Gasteiger partial charge in [0.2, 0.25) is 6.43 Å². The van der Waals surface area contributed by atoms with Gasteiger partial charge in [-0.2, -0.15) is 4.98 Å². The molecule has 2 heterocycles. The van der Waals surface area contributed by atoms with Crippen molar-refractivity contribution in [2.24, 2.45) is 0 Å². The van der Waals surface area contributed by atoms with Crippen molar-refractivity contribution >= 4 is 33.9 Å². The third kappa shape index (κ3) is 3.12. The number of hydrogen-bond donors (Lipinski definition) is 1. The first-order valence-corrected chi connectivity index (χ1v) is 7.95. The Kier molecular flexibility index (Phi) is 4.07. The number of benzene rings is 2. The first-order valence-electron chi connectivity index (χ1n) is 7.95. The summed E-state index contributed by atoms with van der Waals surface area (Å²) < 4.78 is 27.1. The normalized spacial score (nSPS) is 11.4. The van der Waals surface area contributed by atoms with Crippen molar-refractivity contribution in [2.45, 2.75) is 12.8 Å². The Hall–Kier alpha value is -3.69. The fraction of sp³-hybridized carbons (Fsp3) is 0.118. The number of aromatic nitrogens is 4. The van der Waals surface area contributed by atoms with Crippen LogP contribution < -0.4 is 5.32 Å². The zero-order valence-electron chi connectivity index (χ0n) is 13.7. The van der Waals surface area contributed by atoms with Crippen LogP contribution in [0.3, 0.4) is 0 Å². The molecule has 0 aliphatic rings. The Balaban J connectivity index is 1.97. The average Bonchev–Trinajstić information content (AvgIpc) is 3.04. The quantitative estimate of drug-likeness (QED) is 0.424. The topological polar surface area (TPSA) is 98.2 Å². The number of rotatable bonds is 5. The second-order valence-electron chi connectivity index (χ2n) is 5.76. The molecule has 0 saturated heterocycles. The second-order valence-corrected chi connectivity index (χ2v) is 5.76. The molecule has 0 unspecified atom stereocenters. The first-order chi connectivity index (χ1) is 13.0. The molecule has 27 heavy (non-hydrogen) atoms. The highest BCUT2D eigenvalue weighted by molar-refractivity contribution is 5.94. The highest BCUT2D eigenvalue weighted by Gasteiger charge is 2.19. The lowest BCUT2D eigenvalue weighted by Crippen LogP contribution is -2.06. The SMILES string of the molecule is O=[N+]([O-])c1ccc2c(Nc3ccccc3)nc3nnc(CC(F)F)n3c2c1. The van der Waals surface area contributed by atoms with E-state index in [1.807, 2.05) is 30.3 Å². The van der Waals surface area contributed by atoms with Gasteiger partial charge in [-0.25, -0.2) is 8.78 Å². The first kappa shape index (κ1) is 16.8. The lowest BCUT2D eigenvalue weighted by molar-refractivity contribution is -0.384. The van der Waals surface area contributed by atoms with Crippen LogP contribution >= 0.6 is 0 Å². The number of nitro groups is 1. The summed E-state index contributed by atoms with van der Waals surface area (Å²) in [7, 11) is 0. The maximum Gasteiger partial charge on any atom is 0.271 e. The van der Waals surface area contributed by atoms with E-state index in [9.17, 15) is 18.9 Å². The van der Waals surface area contributed by atoms with Gasteiger partial charge in [0.15, 0.2) is 0 Å². The molecular weight excluding hydrogens is 358 g/mol. The van der Waals surface area contributed by atoms with E-state index in [4.69, 9.17) is 0 Å². The van der Waals surface area contributed by atoms with E-state index in [1.54, 1.807) is 0 Å². The number of alkyl halides is 2. The van der Waals surface area contributed by atoms with E-state index in [0.29, 0.717) is 16.7 Å². The van der Waals surface area contributed by atoms with Crippen molar-refractivity contribution in [1.29, 1.82) is 0 Å². The van der Waals surface area contributed by atoms with Crippen LogP contribution in [0.5, 0.6) is 0 Å². The molecular formula is C17H12F2N6O2. The summed E-state index contributed by atoms with van der Waals surface area (Å²) in [6.45, 7) is 0. The minimum absolute atomic E-state index is 0.00995. The Bertz CT molecular complexity index is 1150. The number of halogens is 2. The molecule has 0 spiro atoms. The minimum Gasteiger partial charge on any atom is -0.340 e. The van der Waals surface area contributed by atoms with Crippen LogP contribution in [0.4, 0.5) is 26.0 Å². The van der Waals surface area contributed by atoms with Crippen molar-refractivity contribution in [1.82, 2.24) is 19.6 Å². The molecule has 1 N–H and O–H groups in total. The van der Waals surface area contributed by atoms with Crippen LogP contribution in [0.2, 0.25) is 0 Å². The summed E-state index contributed by atoms with van der Waals surface area (Å²) in [6, 6.07) is 13.4. The summed E-state index contributed by atoms with van der Waals surface area (Å²) in [5.74, 6) is 0.468. The van der Waals surface area contributed by atoms with Crippen molar-refractivity contribution < 1.29 is 13.7 Å². The second kappa shape index (κ2) is 6.56. The van der Waals surface area contributed by atoms with Gasteiger partial charge in [-0.05, 0) is 18.2 Å². The molecule has 4 aromatic rings. The summed E-state index contributed by atoms with van der Waals surface area (Å²) in [5.41, 5.74) is 0.909. The van der Waals surface area contributed by atoms with E-state index in [2.05, 4.69) is 20.5 Å². The predicted octanol–water partition coefficient (Wildman–Crippen LogP) is 3.74. The number of nitrogens with zero attached hydrogens (tertiary/aromatic N) is 5. The van der Waals surface area contributed by atoms with Crippen LogP contribution in [0.1, 0.15) is 5.82 Å². The molecule has 2 aromatic heterocycles. The monoisotopic (exact) mass is 370 g/mol. The summed E-state index contributed by atoms with van der Waals surface area (Å²) >= 11 is 0. The largest absolute Gasteiger partial charge is 0.340 e. The molecule has 2 aromatic carbocycles. The van der Waals surface area contributed by atoms with Crippen molar-refractivity contribution in [3.05, 3.63) is 64.5 Å². The van der Waals surface area contributed by atoms with Crippen LogP contribution in [-0.4, -0.2) is 30.9 Å². The van der Waals surface area contributed by atoms with Crippen molar-refractivity contribution in [2.75, 3.05) is 5.32 Å². The van der Waals surface area contributed by atoms with Gasteiger partial charge in [-0.1, -0.05) is 18.2 Å². The average molecular weight is 370 g/mol. The Morgan fingerprint density at radius 1 is 1.15 bits per heavy atom. The standard InChI is InChI=1S/C17H12F2N6O2/c18-14(19)9-15-22-23-17-21-16(20-10-4-2-1-3-5-10)12-7-6-11(25(26)27)8-13(12)24(15)17/h1-8,14H,9H2,(H,20,21,23). The van der Waals surface area contributed by atoms with Crippen LogP contribution in [0.25, 0.3) is 16.7 Å². The maximum absolute atomic E-state index is 12.9. The number of non-ortho nitro benzene ring substituents is 1. The fourth-order valence-corrected chi connectivity index (χ4v) is 2.83. The number of nitro benzene ring substituents is 1. The molecule has 10 heteroatoms. The van der Waals surface area contributed by atoms with Crippen LogP contribution in [0, 0.1) is 10.1 Å². The van der Waals surface area contributed by atoms with Crippen LogP contribution in [0.15, 0.2) is 48.5 Å². The third-order valence-corrected chi connectivity index (χ3v) is 3.99. The van der Waals surface area contributed by atoms with E-state index in [1.165, 1.54) is 22.6 Å². The summed E-state index contributed by atoms with van der Waals surface area (Å²) in [5, 5.41) is 22.5. The van der Waals surface area contributed by atoms with Crippen molar-refractivity contribution in [3.8, 4) is 0 Å². The number of anilines is 2. The number of hydrogen-bond acceptors (Lipinski definition) is 6. The molecule has 0 aliphatic heterocycles. The Morgan fingerprint density at radius 2 is 1.93 bits per heavy atom. The van der Waals surface area contributed by atoms with Gasteiger partial charge in [0.1, 0.15) is 11.6 Å². The number of para-hydroxylation sites is 1. The fourth-order valence-electron chi connectivity index (χ4n) is 2.83. The van der Waals surface area contributed by atoms with E-state index >= 15 is 0 Å². The smallest absolute Gasteiger partial charge is 0.271 e. The number of fused-ring (bicyclic) bond motifs is 3. The molecule has 0 atom stereocenters. The minimum atomic E-state index is -2.63. The molecule has 136 valence electrons. The van der Waals surface area contributed by atoms with Crippen molar-refractivity contribution in [3.63, 3.8) is 0 Å². The molecule has 0 radical (unpaired) electrons. The summed E-state index contributed by atoms with van der Waals surface area (Å²) in [4.78, 5) is 15.0. The van der Waals surface area contributed by atoms with E-state index in [-0.39, 0.29) is 17.3 Å². The summed E-state index contributed by atoms with van der Waals surface area (Å²) in [6.07, 6.45) is -3.26. The number of nitrogens with one attached hydrogen (secondary N) is 1. The predicted molar refractivity (Wildman–Crippen MR) is 94.4 cm³/mol. The van der Waals surface area contributed by atoms with Crippen LogP contribution in [-0.2, 0) is 6.42 Å². The maximum atomic E-state index is 12.9. The zero-order valence-corrected chi connectivity index (χ0v) is 13.7. The zero-order chi connectivity index (χ0) is 19.0. The highest BCUT2D eigenvalue weighted by Crippen LogP contribution is 2.29. The van der Waals surface area contributed by atoms with Gasteiger partial charge in [-0.3, -0.25) is 14.5 Å². The molecule has 0 amide bonds. The highest BCUT2D eigenvalue weighted by atomic mass is 19.3. The van der Waals surface area contributed by atoms with Gasteiger partial charge in [0.25, 0.3) is 11.5 Å². The Morgan fingerprint density at radius 3 is 2.63 bits per heavy atom. The lowest BCUT2D eigenvalue weighted by Gasteiger charge is -2.11.